The van der Waals surface area contributed by atoms with Gasteiger partial charge in [0, 0.05) is 31.7 Å². The second kappa shape index (κ2) is 13.2. The van der Waals surface area contributed by atoms with Crippen molar-refractivity contribution in [3.05, 3.63) is 54.1 Å². The van der Waals surface area contributed by atoms with Crippen molar-refractivity contribution in [1.82, 2.24) is 10.2 Å². The monoisotopic (exact) mass is 690 g/mol. The van der Waals surface area contributed by atoms with Crippen molar-refractivity contribution in [1.29, 1.82) is 0 Å². The molecule has 0 radical (unpaired) electrons. The maximum Gasteiger partial charge on any atom is 0.373 e. The van der Waals surface area contributed by atoms with Gasteiger partial charge in [-0.25, -0.2) is 8.42 Å². The van der Waals surface area contributed by atoms with Crippen LogP contribution >= 0.6 is 0 Å². The SMILES string of the molecule is C=C(C)[C@@H]1CC[C@]2(NCCN3CCS(=O)(=O)CC3)CC[C@]3(C)[C@H](CC[C@@H]4[C@@]5(C)CC=C(c6ccccc6)C(C)(C)[C@@H]5CC[C@]43C)[C@@H]12.O=C=O. The summed E-state index contributed by atoms with van der Waals surface area (Å²) in [6.45, 7) is 23.5. The van der Waals surface area contributed by atoms with E-state index in [2.05, 4.69) is 94.7 Å². The Kier molecular flexibility index (Phi) is 9.88. The van der Waals surface area contributed by atoms with Crippen LogP contribution in [0.5, 0.6) is 0 Å². The van der Waals surface area contributed by atoms with Gasteiger partial charge in [-0.05, 0) is 127 Å². The van der Waals surface area contributed by atoms with E-state index in [4.69, 9.17) is 9.59 Å². The van der Waals surface area contributed by atoms with Crippen LogP contribution in [0.25, 0.3) is 5.57 Å². The molecule has 5 aliphatic carbocycles. The van der Waals surface area contributed by atoms with Gasteiger partial charge in [0.25, 0.3) is 0 Å². The number of nitrogens with zero attached hydrogens (tertiary/aromatic N) is 1. The van der Waals surface area contributed by atoms with Crippen LogP contribution in [0.2, 0.25) is 0 Å². The Hall–Kier alpha value is -2.05. The Morgan fingerprint density at radius 3 is 2.22 bits per heavy atom. The van der Waals surface area contributed by atoms with Crippen LogP contribution in [-0.4, -0.2) is 62.7 Å². The number of benzene rings is 1. The molecular weight excluding hydrogens is 629 g/mol. The maximum atomic E-state index is 12.0. The molecule has 1 heterocycles. The molecule has 0 amide bonds. The topological polar surface area (TPSA) is 83.6 Å². The van der Waals surface area contributed by atoms with Gasteiger partial charge in [-0.3, -0.25) is 0 Å². The van der Waals surface area contributed by atoms with Crippen LogP contribution in [0.15, 0.2) is 48.6 Å². The molecule has 0 unspecified atom stereocenters. The lowest BCUT2D eigenvalue weighted by atomic mass is 9.33. The van der Waals surface area contributed by atoms with Gasteiger partial charge >= 0.3 is 6.15 Å². The molecule has 1 aromatic rings. The Bertz CT molecular complexity index is 1570. The number of nitrogens with one attached hydrogen (secondary N) is 1. The van der Waals surface area contributed by atoms with Crippen LogP contribution in [0, 0.1) is 51.2 Å². The third-order valence-electron chi connectivity index (χ3n) is 16.1. The van der Waals surface area contributed by atoms with Crippen molar-refractivity contribution < 1.29 is 18.0 Å². The Balaban J connectivity index is 0.00000134. The van der Waals surface area contributed by atoms with E-state index < -0.39 is 9.84 Å². The molecule has 0 bridgehead atoms. The summed E-state index contributed by atoms with van der Waals surface area (Å²) in [7, 11) is -2.84. The molecule has 7 rings (SSSR count). The standard InChI is InChI=1S/C41H62N2O2S.CO2/c1-29(2)31-15-20-41(42-23-24-43-25-27-46(44,45)28-26-43)22-21-39(6)33(36(31)41)13-14-35-38(5)18-16-32(30-11-9-8-10-12-30)37(3,4)34(38)17-19-40(35,39)7;2-1-3/h8-12,16,31,33-36,42H,1,13-15,17-28H2,2-7H3;/t31-,33+,34-,35+,36+,38-,39+,40+,41-;/m0./s1. The van der Waals surface area contributed by atoms with E-state index in [1.165, 1.54) is 68.9 Å². The second-order valence-electron chi connectivity index (χ2n) is 18.3. The van der Waals surface area contributed by atoms with Gasteiger partial charge in [-0.1, -0.05) is 83.2 Å². The highest BCUT2D eigenvalue weighted by molar-refractivity contribution is 7.91. The average molecular weight is 691 g/mol. The van der Waals surface area contributed by atoms with Crippen LogP contribution < -0.4 is 5.32 Å². The highest BCUT2D eigenvalue weighted by atomic mass is 32.2. The molecule has 0 spiro atoms. The molecule has 1 aromatic carbocycles. The molecule has 270 valence electrons. The smallest absolute Gasteiger partial charge is 0.310 e. The summed E-state index contributed by atoms with van der Waals surface area (Å²) in [5.74, 6) is 4.09. The van der Waals surface area contributed by atoms with Crippen LogP contribution in [0.4, 0.5) is 0 Å². The molecule has 49 heavy (non-hydrogen) atoms. The Morgan fingerprint density at radius 2 is 1.57 bits per heavy atom. The molecule has 9 atom stereocenters. The minimum atomic E-state index is -2.84. The minimum Gasteiger partial charge on any atom is -0.310 e. The lowest BCUT2D eigenvalue weighted by Crippen LogP contribution is -2.68. The van der Waals surface area contributed by atoms with E-state index in [0.717, 1.165) is 24.9 Å². The zero-order valence-electron chi connectivity index (χ0n) is 31.2. The molecular formula is C42H62N2O4S. The molecule has 1 saturated heterocycles. The predicted octanol–water partition coefficient (Wildman–Crippen LogP) is 7.83. The van der Waals surface area contributed by atoms with Crippen molar-refractivity contribution in [2.45, 2.75) is 105 Å². The van der Waals surface area contributed by atoms with Gasteiger partial charge in [-0.2, -0.15) is 9.59 Å². The molecule has 4 saturated carbocycles. The van der Waals surface area contributed by atoms with E-state index in [-0.39, 0.29) is 17.1 Å². The Labute approximate surface area is 296 Å². The first-order valence-corrected chi connectivity index (χ1v) is 21.0. The fraction of sp³-hybridized carbons (Fsp3) is 0.738. The summed E-state index contributed by atoms with van der Waals surface area (Å²) in [5, 5.41) is 4.23. The van der Waals surface area contributed by atoms with Crippen molar-refractivity contribution in [2.75, 3.05) is 37.7 Å². The molecule has 1 aliphatic heterocycles. The average Bonchev–Trinajstić information content (AvgIpc) is 3.43. The zero-order valence-corrected chi connectivity index (χ0v) is 32.0. The largest absolute Gasteiger partial charge is 0.373 e. The van der Waals surface area contributed by atoms with Gasteiger partial charge in [0.15, 0.2) is 9.84 Å². The highest BCUT2D eigenvalue weighted by Crippen LogP contribution is 2.76. The first-order valence-electron chi connectivity index (χ1n) is 19.2. The highest BCUT2D eigenvalue weighted by Gasteiger charge is 2.70. The van der Waals surface area contributed by atoms with Crippen LogP contribution in [-0.2, 0) is 19.4 Å². The molecule has 6 aliphatic rings. The van der Waals surface area contributed by atoms with E-state index >= 15 is 0 Å². The van der Waals surface area contributed by atoms with Gasteiger partial charge < -0.3 is 10.2 Å². The fourth-order valence-electron chi connectivity index (χ4n) is 13.6. The van der Waals surface area contributed by atoms with E-state index in [9.17, 15) is 8.42 Å². The Morgan fingerprint density at radius 1 is 0.898 bits per heavy atom. The number of carbonyl (C=O) groups excluding carboxylic acids is 2. The zero-order chi connectivity index (χ0) is 35.5. The fourth-order valence-corrected chi connectivity index (χ4v) is 14.9. The molecule has 5 fully saturated rings. The van der Waals surface area contributed by atoms with Crippen LogP contribution in [0.3, 0.4) is 0 Å². The van der Waals surface area contributed by atoms with Gasteiger partial charge in [0.1, 0.15) is 0 Å². The summed E-state index contributed by atoms with van der Waals surface area (Å²) < 4.78 is 24.0. The summed E-state index contributed by atoms with van der Waals surface area (Å²) in [4.78, 5) is 18.6. The molecule has 0 aromatic heterocycles. The summed E-state index contributed by atoms with van der Waals surface area (Å²) >= 11 is 0. The van der Waals surface area contributed by atoms with Crippen molar-refractivity contribution in [3.8, 4) is 0 Å². The molecule has 7 heteroatoms. The van der Waals surface area contributed by atoms with Gasteiger partial charge in [0.05, 0.1) is 11.5 Å². The second-order valence-corrected chi connectivity index (χ2v) is 20.6. The normalized spacial score (nSPS) is 42.1. The summed E-state index contributed by atoms with van der Waals surface area (Å²) in [6, 6.07) is 11.2. The van der Waals surface area contributed by atoms with Crippen molar-refractivity contribution in [2.24, 2.45) is 51.2 Å². The third kappa shape index (κ3) is 5.97. The first kappa shape index (κ1) is 36.7. The number of hydrogen-bond acceptors (Lipinski definition) is 6. The lowest BCUT2D eigenvalue weighted by Gasteiger charge is -2.72. The van der Waals surface area contributed by atoms with Gasteiger partial charge in [0.2, 0.25) is 0 Å². The van der Waals surface area contributed by atoms with E-state index in [1.54, 1.807) is 5.57 Å². The van der Waals surface area contributed by atoms with Gasteiger partial charge in [-0.15, -0.1) is 0 Å². The first-order chi connectivity index (χ1) is 23.1. The number of hydrogen-bond donors (Lipinski definition) is 1. The number of allylic oxidation sites excluding steroid dienone is 3. The van der Waals surface area contributed by atoms with E-state index in [0.29, 0.717) is 58.6 Å². The van der Waals surface area contributed by atoms with Crippen molar-refractivity contribution in [3.63, 3.8) is 0 Å². The summed E-state index contributed by atoms with van der Waals surface area (Å²) in [6.07, 6.45) is 14.7. The summed E-state index contributed by atoms with van der Waals surface area (Å²) in [5.41, 5.74) is 5.79. The number of fused-ring (bicyclic) bond motifs is 7. The van der Waals surface area contributed by atoms with Crippen LogP contribution in [0.1, 0.15) is 105 Å². The predicted molar refractivity (Wildman–Crippen MR) is 197 cm³/mol. The third-order valence-corrected chi connectivity index (χ3v) is 17.7. The van der Waals surface area contributed by atoms with Crippen molar-refractivity contribution >= 4 is 21.6 Å². The number of sulfone groups is 1. The lowest BCUT2D eigenvalue weighted by molar-refractivity contribution is -0.219. The van der Waals surface area contributed by atoms with E-state index in [1.807, 2.05) is 0 Å². The number of rotatable bonds is 6. The molecule has 6 nitrogen and oxygen atoms in total. The molecule has 1 N–H and O–H groups in total. The quantitative estimate of drug-likeness (QED) is 0.307. The minimum absolute atomic E-state index is 0.175. The maximum absolute atomic E-state index is 12.0.